The Morgan fingerprint density at radius 1 is 1.06 bits per heavy atom. The van der Waals surface area contributed by atoms with Gasteiger partial charge < -0.3 is 10.4 Å². The van der Waals surface area contributed by atoms with E-state index in [0.717, 1.165) is 0 Å². The molecule has 2 aromatic carbocycles. The largest absolute Gasteiger partial charge is 0.508 e. The van der Waals surface area contributed by atoms with Crippen molar-refractivity contribution in [3.05, 3.63) is 58.1 Å². The Bertz CT molecular complexity index is 582. The van der Waals surface area contributed by atoms with E-state index in [0.29, 0.717) is 21.3 Å². The van der Waals surface area contributed by atoms with Crippen molar-refractivity contribution in [3.63, 3.8) is 0 Å². The molecule has 18 heavy (non-hydrogen) atoms. The quantitative estimate of drug-likeness (QED) is 0.819. The van der Waals surface area contributed by atoms with Crippen LogP contribution >= 0.6 is 23.2 Å². The van der Waals surface area contributed by atoms with Crippen LogP contribution in [0.1, 0.15) is 10.4 Å². The van der Waals surface area contributed by atoms with Gasteiger partial charge in [-0.05, 0) is 42.5 Å². The van der Waals surface area contributed by atoms with Gasteiger partial charge in [0.2, 0.25) is 0 Å². The van der Waals surface area contributed by atoms with Gasteiger partial charge in [0, 0.05) is 10.7 Å². The smallest absolute Gasteiger partial charge is 0.257 e. The highest BCUT2D eigenvalue weighted by molar-refractivity contribution is 6.37. The Morgan fingerprint density at radius 2 is 1.72 bits per heavy atom. The van der Waals surface area contributed by atoms with Gasteiger partial charge in [0.25, 0.3) is 5.91 Å². The first-order valence-electron chi connectivity index (χ1n) is 5.12. The molecule has 5 heteroatoms. The first kappa shape index (κ1) is 12.7. The second kappa shape index (κ2) is 5.29. The molecule has 0 saturated heterocycles. The molecule has 0 radical (unpaired) electrons. The number of hydrogen-bond acceptors (Lipinski definition) is 2. The van der Waals surface area contributed by atoms with Gasteiger partial charge in [0.1, 0.15) is 5.75 Å². The van der Waals surface area contributed by atoms with Crippen molar-refractivity contribution in [2.24, 2.45) is 0 Å². The molecule has 92 valence electrons. The molecular weight excluding hydrogens is 273 g/mol. The number of nitrogens with one attached hydrogen (secondary N) is 1. The third-order valence-corrected chi connectivity index (χ3v) is 2.85. The van der Waals surface area contributed by atoms with Gasteiger partial charge in [0.05, 0.1) is 10.6 Å². The minimum Gasteiger partial charge on any atom is -0.508 e. The SMILES string of the molecule is O=C(Nc1ccc(O)cc1)c1ccc(Cl)cc1Cl. The third kappa shape index (κ3) is 2.94. The average molecular weight is 282 g/mol. The summed E-state index contributed by atoms with van der Waals surface area (Å²) in [6, 6.07) is 10.8. The summed E-state index contributed by atoms with van der Waals surface area (Å²) in [5, 5.41) is 12.6. The van der Waals surface area contributed by atoms with E-state index < -0.39 is 0 Å². The number of carbonyl (C=O) groups excluding carboxylic acids is 1. The number of aromatic hydroxyl groups is 1. The maximum Gasteiger partial charge on any atom is 0.257 e. The second-order valence-electron chi connectivity index (χ2n) is 3.63. The van der Waals surface area contributed by atoms with Crippen molar-refractivity contribution < 1.29 is 9.90 Å². The number of rotatable bonds is 2. The Kier molecular flexibility index (Phi) is 3.75. The fraction of sp³-hybridized carbons (Fsp3) is 0. The van der Waals surface area contributed by atoms with Crippen molar-refractivity contribution >= 4 is 34.8 Å². The molecule has 0 aromatic heterocycles. The van der Waals surface area contributed by atoms with Crippen molar-refractivity contribution in [3.8, 4) is 5.75 Å². The number of anilines is 1. The highest BCUT2D eigenvalue weighted by Crippen LogP contribution is 2.22. The molecule has 0 atom stereocenters. The molecule has 0 unspecified atom stereocenters. The molecule has 2 N–H and O–H groups in total. The van der Waals surface area contributed by atoms with E-state index in [2.05, 4.69) is 5.32 Å². The van der Waals surface area contributed by atoms with Crippen LogP contribution in [0.5, 0.6) is 5.75 Å². The van der Waals surface area contributed by atoms with E-state index in [4.69, 9.17) is 28.3 Å². The highest BCUT2D eigenvalue weighted by Gasteiger charge is 2.10. The lowest BCUT2D eigenvalue weighted by atomic mass is 10.2. The van der Waals surface area contributed by atoms with E-state index in [9.17, 15) is 4.79 Å². The molecule has 1 amide bonds. The molecule has 0 aliphatic rings. The number of hydrogen-bond donors (Lipinski definition) is 2. The number of phenolic OH excluding ortho intramolecular Hbond substituents is 1. The van der Waals surface area contributed by atoms with Crippen LogP contribution < -0.4 is 5.32 Å². The van der Waals surface area contributed by atoms with Gasteiger partial charge in [-0.1, -0.05) is 23.2 Å². The van der Waals surface area contributed by atoms with Gasteiger partial charge in [-0.15, -0.1) is 0 Å². The Morgan fingerprint density at radius 3 is 2.33 bits per heavy atom. The van der Waals surface area contributed by atoms with E-state index in [-0.39, 0.29) is 11.7 Å². The number of phenols is 1. The maximum atomic E-state index is 11.9. The highest BCUT2D eigenvalue weighted by atomic mass is 35.5. The third-order valence-electron chi connectivity index (χ3n) is 2.30. The summed E-state index contributed by atoms with van der Waals surface area (Å²) in [5.41, 5.74) is 0.915. The average Bonchev–Trinajstić information content (AvgIpc) is 2.32. The first-order chi connectivity index (χ1) is 8.56. The fourth-order valence-corrected chi connectivity index (χ4v) is 1.91. The normalized spacial score (nSPS) is 10.1. The summed E-state index contributed by atoms with van der Waals surface area (Å²) >= 11 is 11.7. The molecule has 2 rings (SSSR count). The Balaban J connectivity index is 2.19. The van der Waals surface area contributed by atoms with Crippen molar-refractivity contribution in [2.45, 2.75) is 0 Å². The topological polar surface area (TPSA) is 49.3 Å². The predicted molar refractivity (Wildman–Crippen MR) is 72.5 cm³/mol. The van der Waals surface area contributed by atoms with Crippen molar-refractivity contribution in [1.82, 2.24) is 0 Å². The van der Waals surface area contributed by atoms with Gasteiger partial charge in [-0.3, -0.25) is 4.79 Å². The van der Waals surface area contributed by atoms with E-state index in [1.54, 1.807) is 24.3 Å². The number of halogens is 2. The second-order valence-corrected chi connectivity index (χ2v) is 4.47. The van der Waals surface area contributed by atoms with Gasteiger partial charge in [-0.25, -0.2) is 0 Å². The minimum atomic E-state index is -0.331. The van der Waals surface area contributed by atoms with E-state index in [1.807, 2.05) is 0 Å². The molecule has 0 bridgehead atoms. The summed E-state index contributed by atoms with van der Waals surface area (Å²) in [6.07, 6.45) is 0. The number of carbonyl (C=O) groups is 1. The van der Waals surface area contributed by atoms with Gasteiger partial charge >= 0.3 is 0 Å². The number of benzene rings is 2. The number of amides is 1. The van der Waals surface area contributed by atoms with Gasteiger partial charge in [0.15, 0.2) is 0 Å². The van der Waals surface area contributed by atoms with Crippen LogP contribution in [0.25, 0.3) is 0 Å². The zero-order valence-corrected chi connectivity index (χ0v) is 10.7. The molecule has 0 aliphatic heterocycles. The molecule has 0 heterocycles. The molecule has 0 fully saturated rings. The molecule has 0 saturated carbocycles. The zero-order chi connectivity index (χ0) is 13.1. The van der Waals surface area contributed by atoms with Crippen LogP contribution in [0.4, 0.5) is 5.69 Å². The van der Waals surface area contributed by atoms with Crippen LogP contribution in [0.2, 0.25) is 10.0 Å². The lowest BCUT2D eigenvalue weighted by molar-refractivity contribution is 0.102. The summed E-state index contributed by atoms with van der Waals surface area (Å²) < 4.78 is 0. The fourth-order valence-electron chi connectivity index (χ4n) is 1.42. The Labute approximate surface area is 114 Å². The first-order valence-corrected chi connectivity index (χ1v) is 5.87. The Hall–Kier alpha value is -1.71. The van der Waals surface area contributed by atoms with Crippen molar-refractivity contribution in [2.75, 3.05) is 5.32 Å². The van der Waals surface area contributed by atoms with E-state index in [1.165, 1.54) is 18.2 Å². The molecular formula is C13H9Cl2NO2. The molecule has 2 aromatic rings. The van der Waals surface area contributed by atoms with Crippen LogP contribution in [0.3, 0.4) is 0 Å². The predicted octanol–water partition coefficient (Wildman–Crippen LogP) is 3.95. The maximum absolute atomic E-state index is 11.9. The zero-order valence-electron chi connectivity index (χ0n) is 9.15. The monoisotopic (exact) mass is 281 g/mol. The van der Waals surface area contributed by atoms with E-state index >= 15 is 0 Å². The lowest BCUT2D eigenvalue weighted by Crippen LogP contribution is -2.12. The summed E-state index contributed by atoms with van der Waals surface area (Å²) in [7, 11) is 0. The molecule has 0 aliphatic carbocycles. The molecule has 0 spiro atoms. The summed E-state index contributed by atoms with van der Waals surface area (Å²) in [4.78, 5) is 11.9. The van der Waals surface area contributed by atoms with Crippen LogP contribution in [0.15, 0.2) is 42.5 Å². The molecule has 3 nitrogen and oxygen atoms in total. The van der Waals surface area contributed by atoms with Crippen LogP contribution in [0, 0.1) is 0 Å². The van der Waals surface area contributed by atoms with Crippen LogP contribution in [-0.4, -0.2) is 11.0 Å². The summed E-state index contributed by atoms with van der Waals surface area (Å²) in [6.45, 7) is 0. The standard InChI is InChI=1S/C13H9Cl2NO2/c14-8-1-6-11(12(15)7-8)13(18)16-9-2-4-10(17)5-3-9/h1-7,17H,(H,16,18). The van der Waals surface area contributed by atoms with Gasteiger partial charge in [-0.2, -0.15) is 0 Å². The van der Waals surface area contributed by atoms with Crippen molar-refractivity contribution in [1.29, 1.82) is 0 Å². The van der Waals surface area contributed by atoms with Crippen LogP contribution in [-0.2, 0) is 0 Å². The minimum absolute atomic E-state index is 0.137. The summed E-state index contributed by atoms with van der Waals surface area (Å²) in [5.74, 6) is -0.195. The lowest BCUT2D eigenvalue weighted by Gasteiger charge is -2.07.